The van der Waals surface area contributed by atoms with Crippen LogP contribution in [0.2, 0.25) is 0 Å². The normalized spacial score (nSPS) is 17.4. The van der Waals surface area contributed by atoms with Crippen molar-refractivity contribution in [3.8, 4) is 0 Å². The minimum atomic E-state index is -3.55. The summed E-state index contributed by atoms with van der Waals surface area (Å²) in [6.07, 6.45) is 2.81. The Labute approximate surface area is 172 Å². The van der Waals surface area contributed by atoms with Crippen LogP contribution in [0.15, 0.2) is 58.4 Å². The summed E-state index contributed by atoms with van der Waals surface area (Å²) < 4.78 is 32.8. The molecule has 0 amide bonds. The van der Waals surface area contributed by atoms with Crippen LogP contribution in [0, 0.1) is 0 Å². The first kappa shape index (κ1) is 21.3. The van der Waals surface area contributed by atoms with Gasteiger partial charge in [0.05, 0.1) is 17.5 Å². The Hall–Kier alpha value is -2.42. The standard InChI is InChI=1S/C21H28N4O3S/c1-2-16-5-9-18(10-6-16)25-21(22)23-14-17-7-11-20(12-8-17)29(26,27)24-15-19-4-3-13-28-19/h5-12,19,24H,2-4,13-15H2,1H3,(H3,22,23,25). The molecular formula is C21H28N4O3S. The highest BCUT2D eigenvalue weighted by Crippen LogP contribution is 2.15. The molecular weight excluding hydrogens is 388 g/mol. The van der Waals surface area contributed by atoms with Gasteiger partial charge in [0, 0.05) is 18.8 Å². The van der Waals surface area contributed by atoms with Gasteiger partial charge >= 0.3 is 0 Å². The van der Waals surface area contributed by atoms with E-state index in [0.717, 1.165) is 30.5 Å². The van der Waals surface area contributed by atoms with E-state index in [4.69, 9.17) is 10.5 Å². The fourth-order valence-corrected chi connectivity index (χ4v) is 4.12. The van der Waals surface area contributed by atoms with Crippen molar-refractivity contribution in [2.45, 2.75) is 43.7 Å². The molecule has 0 bridgehead atoms. The second-order valence-electron chi connectivity index (χ2n) is 7.01. The van der Waals surface area contributed by atoms with Crippen LogP contribution < -0.4 is 15.8 Å². The SMILES string of the molecule is CCc1ccc(NC(N)=NCc2ccc(S(=O)(=O)NCC3CCCO3)cc2)cc1. The van der Waals surface area contributed by atoms with E-state index in [1.165, 1.54) is 5.56 Å². The van der Waals surface area contributed by atoms with Crippen molar-refractivity contribution in [2.75, 3.05) is 18.5 Å². The average molecular weight is 417 g/mol. The Bertz CT molecular complexity index is 919. The van der Waals surface area contributed by atoms with Crippen LogP contribution in [0.3, 0.4) is 0 Å². The molecule has 0 spiro atoms. The van der Waals surface area contributed by atoms with Gasteiger partial charge in [0.1, 0.15) is 0 Å². The van der Waals surface area contributed by atoms with Crippen LogP contribution in [0.1, 0.15) is 30.9 Å². The summed E-state index contributed by atoms with van der Waals surface area (Å²) in [5.74, 6) is 0.309. The first-order valence-corrected chi connectivity index (χ1v) is 11.3. The summed E-state index contributed by atoms with van der Waals surface area (Å²) in [4.78, 5) is 4.54. The van der Waals surface area contributed by atoms with Gasteiger partial charge < -0.3 is 15.8 Å². The minimum Gasteiger partial charge on any atom is -0.377 e. The van der Waals surface area contributed by atoms with Gasteiger partial charge in [-0.2, -0.15) is 0 Å². The summed E-state index contributed by atoms with van der Waals surface area (Å²) in [6, 6.07) is 14.7. The molecule has 0 radical (unpaired) electrons. The summed E-state index contributed by atoms with van der Waals surface area (Å²) in [7, 11) is -3.55. The fraction of sp³-hybridized carbons (Fsp3) is 0.381. The van der Waals surface area contributed by atoms with Crippen molar-refractivity contribution in [3.05, 3.63) is 59.7 Å². The molecule has 0 aliphatic carbocycles. The zero-order valence-electron chi connectivity index (χ0n) is 16.6. The van der Waals surface area contributed by atoms with Crippen LogP contribution in [0.4, 0.5) is 5.69 Å². The smallest absolute Gasteiger partial charge is 0.240 e. The maximum Gasteiger partial charge on any atom is 0.240 e. The van der Waals surface area contributed by atoms with Gasteiger partial charge in [-0.05, 0) is 54.7 Å². The third-order valence-corrected chi connectivity index (χ3v) is 6.26. The van der Waals surface area contributed by atoms with Crippen LogP contribution >= 0.6 is 0 Å². The first-order valence-electron chi connectivity index (χ1n) is 9.82. The Morgan fingerprint density at radius 1 is 1.14 bits per heavy atom. The van der Waals surface area contributed by atoms with Crippen LogP contribution in [-0.2, 0) is 27.7 Å². The number of anilines is 1. The summed E-state index contributed by atoms with van der Waals surface area (Å²) >= 11 is 0. The van der Waals surface area contributed by atoms with Gasteiger partial charge in [0.15, 0.2) is 5.96 Å². The molecule has 1 atom stereocenters. The maximum absolute atomic E-state index is 12.4. The number of nitrogens with two attached hydrogens (primary N) is 1. The molecule has 3 rings (SSSR count). The lowest BCUT2D eigenvalue weighted by molar-refractivity contribution is 0.114. The molecule has 8 heteroatoms. The quantitative estimate of drug-likeness (QED) is 0.453. The van der Waals surface area contributed by atoms with Crippen molar-refractivity contribution in [2.24, 2.45) is 10.7 Å². The van der Waals surface area contributed by atoms with Crippen molar-refractivity contribution >= 4 is 21.7 Å². The predicted molar refractivity (Wildman–Crippen MR) is 115 cm³/mol. The highest BCUT2D eigenvalue weighted by Gasteiger charge is 2.20. The van der Waals surface area contributed by atoms with Gasteiger partial charge in [-0.3, -0.25) is 0 Å². The maximum atomic E-state index is 12.4. The Kier molecular flexibility index (Phi) is 7.24. The molecule has 1 unspecified atom stereocenters. The van der Waals surface area contributed by atoms with Crippen molar-refractivity contribution in [3.63, 3.8) is 0 Å². The molecule has 29 heavy (non-hydrogen) atoms. The Morgan fingerprint density at radius 3 is 2.45 bits per heavy atom. The number of rotatable bonds is 8. The van der Waals surface area contributed by atoms with E-state index in [9.17, 15) is 8.42 Å². The minimum absolute atomic E-state index is 0.0352. The molecule has 2 aromatic rings. The van der Waals surface area contributed by atoms with Crippen LogP contribution in [0.5, 0.6) is 0 Å². The number of benzene rings is 2. The van der Waals surface area contributed by atoms with Gasteiger partial charge in [0.2, 0.25) is 10.0 Å². The van der Waals surface area contributed by atoms with E-state index in [2.05, 4.69) is 22.0 Å². The largest absolute Gasteiger partial charge is 0.377 e. The number of hydrogen-bond acceptors (Lipinski definition) is 4. The average Bonchev–Trinajstić information content (AvgIpc) is 3.25. The van der Waals surface area contributed by atoms with Gasteiger partial charge in [0.25, 0.3) is 0 Å². The Balaban J connectivity index is 1.54. The molecule has 7 nitrogen and oxygen atoms in total. The highest BCUT2D eigenvalue weighted by atomic mass is 32.2. The number of nitrogens with one attached hydrogen (secondary N) is 2. The molecule has 1 saturated heterocycles. The van der Waals surface area contributed by atoms with E-state index in [1.54, 1.807) is 24.3 Å². The van der Waals surface area contributed by atoms with Gasteiger partial charge in [-0.25, -0.2) is 18.1 Å². The van der Waals surface area contributed by atoms with E-state index < -0.39 is 10.0 Å². The van der Waals surface area contributed by atoms with Crippen molar-refractivity contribution < 1.29 is 13.2 Å². The number of nitrogens with zero attached hydrogens (tertiary/aromatic N) is 1. The van der Waals surface area contributed by atoms with Crippen molar-refractivity contribution in [1.29, 1.82) is 0 Å². The molecule has 0 saturated carbocycles. The third-order valence-electron chi connectivity index (χ3n) is 4.83. The lowest BCUT2D eigenvalue weighted by Gasteiger charge is -2.11. The monoisotopic (exact) mass is 416 g/mol. The number of ether oxygens (including phenoxy) is 1. The molecule has 1 fully saturated rings. The number of guanidine groups is 1. The number of aryl methyl sites for hydroxylation is 1. The zero-order valence-corrected chi connectivity index (χ0v) is 17.4. The Morgan fingerprint density at radius 2 is 1.83 bits per heavy atom. The summed E-state index contributed by atoms with van der Waals surface area (Å²) in [6.45, 7) is 3.46. The molecule has 156 valence electrons. The summed E-state index contributed by atoms with van der Waals surface area (Å²) in [5.41, 5.74) is 8.95. The van der Waals surface area contributed by atoms with E-state index in [0.29, 0.717) is 25.7 Å². The zero-order chi connectivity index (χ0) is 20.7. The molecule has 0 aromatic heterocycles. The van der Waals surface area contributed by atoms with Crippen molar-refractivity contribution in [1.82, 2.24) is 4.72 Å². The molecule has 2 aromatic carbocycles. The fourth-order valence-electron chi connectivity index (χ4n) is 3.05. The van der Waals surface area contributed by atoms with Gasteiger partial charge in [-0.1, -0.05) is 31.2 Å². The molecule has 1 aliphatic rings. The lowest BCUT2D eigenvalue weighted by atomic mass is 10.1. The molecule has 4 N–H and O–H groups in total. The number of hydrogen-bond donors (Lipinski definition) is 3. The van der Waals surface area contributed by atoms with Crippen LogP contribution in [-0.4, -0.2) is 33.6 Å². The summed E-state index contributed by atoms with van der Waals surface area (Å²) in [5, 5.41) is 3.05. The number of aliphatic imine (C=N–C) groups is 1. The van der Waals surface area contributed by atoms with Crippen LogP contribution in [0.25, 0.3) is 0 Å². The highest BCUT2D eigenvalue weighted by molar-refractivity contribution is 7.89. The number of sulfonamides is 1. The third kappa shape index (κ3) is 6.28. The lowest BCUT2D eigenvalue weighted by Crippen LogP contribution is -2.31. The van der Waals surface area contributed by atoms with Gasteiger partial charge in [-0.15, -0.1) is 0 Å². The topological polar surface area (TPSA) is 106 Å². The second-order valence-corrected chi connectivity index (χ2v) is 8.77. The molecule has 1 heterocycles. The first-order chi connectivity index (χ1) is 14.0. The van der Waals surface area contributed by atoms with E-state index in [-0.39, 0.29) is 11.0 Å². The van der Waals surface area contributed by atoms with E-state index >= 15 is 0 Å². The van der Waals surface area contributed by atoms with E-state index in [1.807, 2.05) is 24.3 Å². The second kappa shape index (κ2) is 9.87. The predicted octanol–water partition coefficient (Wildman–Crippen LogP) is 2.63. The molecule has 1 aliphatic heterocycles.